The highest BCUT2D eigenvalue weighted by Crippen LogP contribution is 2.65. The van der Waals surface area contributed by atoms with Gasteiger partial charge in [-0.25, -0.2) is 19.9 Å². The Kier molecular flexibility index (Phi) is 13.1. The molecule has 4 aliphatic rings. The monoisotopic (exact) mass is 1340 g/mol. The van der Waals surface area contributed by atoms with Gasteiger partial charge in [0, 0.05) is 56.5 Å². The van der Waals surface area contributed by atoms with Crippen LogP contribution in [0, 0.1) is 0 Å². The fourth-order valence-electron chi connectivity index (χ4n) is 18.1. The summed E-state index contributed by atoms with van der Waals surface area (Å²) in [5.41, 5.74) is 37.2. The second-order valence-electron chi connectivity index (χ2n) is 28.3. The third-order valence-electron chi connectivity index (χ3n) is 22.9. The molecular formula is C100H60N6. The van der Waals surface area contributed by atoms with Crippen LogP contribution in [0.25, 0.3) is 167 Å². The van der Waals surface area contributed by atoms with E-state index in [4.69, 9.17) is 19.9 Å². The Morgan fingerprint density at radius 1 is 0.170 bits per heavy atom. The molecular weight excluding hydrogens is 1290 g/mol. The van der Waals surface area contributed by atoms with Crippen LogP contribution < -0.4 is 0 Å². The maximum absolute atomic E-state index is 5.54. The lowest BCUT2D eigenvalue weighted by molar-refractivity contribution is 0.794. The fraction of sp³-hybridized carbons (Fsp3) is 0.0200. The molecule has 4 aromatic heterocycles. The molecule has 14 aromatic carbocycles. The summed E-state index contributed by atoms with van der Waals surface area (Å²) in [5.74, 6) is 1.32. The minimum Gasteiger partial charge on any atom is -0.256 e. The molecule has 490 valence electrons. The smallest absolute Gasteiger partial charge is 0.160 e. The van der Waals surface area contributed by atoms with Crippen molar-refractivity contribution in [2.45, 2.75) is 10.8 Å². The second kappa shape index (κ2) is 23.3. The van der Waals surface area contributed by atoms with E-state index in [0.717, 1.165) is 111 Å². The molecule has 106 heavy (non-hydrogen) atoms. The Morgan fingerprint density at radius 2 is 0.415 bits per heavy atom. The van der Waals surface area contributed by atoms with Crippen molar-refractivity contribution in [3.63, 3.8) is 0 Å². The molecule has 0 bridgehead atoms. The molecule has 0 unspecified atom stereocenters. The van der Waals surface area contributed by atoms with Crippen molar-refractivity contribution in [3.05, 3.63) is 409 Å². The first-order valence-electron chi connectivity index (χ1n) is 36.3. The normalized spacial score (nSPS) is 13.2. The van der Waals surface area contributed by atoms with Crippen LogP contribution in [-0.4, -0.2) is 29.9 Å². The topological polar surface area (TPSA) is 77.3 Å². The number of benzene rings is 14. The molecule has 4 heterocycles. The van der Waals surface area contributed by atoms with Gasteiger partial charge in [-0.05, 0) is 183 Å². The van der Waals surface area contributed by atoms with Crippen molar-refractivity contribution < 1.29 is 0 Å². The number of hydrogen-bond donors (Lipinski definition) is 0. The van der Waals surface area contributed by atoms with E-state index in [1.165, 1.54) is 89.0 Å². The number of fused-ring (bicyclic) bond motifs is 22. The van der Waals surface area contributed by atoms with Crippen LogP contribution in [0.15, 0.2) is 364 Å². The maximum atomic E-state index is 5.54. The van der Waals surface area contributed by atoms with Crippen molar-refractivity contribution in [1.82, 2.24) is 29.9 Å². The van der Waals surface area contributed by atoms with Crippen LogP contribution in [-0.2, 0) is 10.8 Å². The van der Waals surface area contributed by atoms with Gasteiger partial charge >= 0.3 is 0 Å². The number of aromatic nitrogens is 6. The van der Waals surface area contributed by atoms with Gasteiger partial charge in [0.2, 0.25) is 0 Å². The fourth-order valence-corrected chi connectivity index (χ4v) is 18.1. The summed E-state index contributed by atoms with van der Waals surface area (Å²) >= 11 is 0. The first kappa shape index (κ1) is 59.7. The van der Waals surface area contributed by atoms with Crippen molar-refractivity contribution in [2.75, 3.05) is 0 Å². The summed E-state index contributed by atoms with van der Waals surface area (Å²) in [4.78, 5) is 31.3. The highest BCUT2D eigenvalue weighted by atomic mass is 14.9. The Hall–Kier alpha value is -13.9. The van der Waals surface area contributed by atoms with Gasteiger partial charge in [0.15, 0.2) is 11.6 Å². The predicted octanol–water partition coefficient (Wildman–Crippen LogP) is 24.1. The zero-order valence-electron chi connectivity index (χ0n) is 57.3. The van der Waals surface area contributed by atoms with Gasteiger partial charge in [-0.3, -0.25) is 9.97 Å². The van der Waals surface area contributed by atoms with Crippen molar-refractivity contribution in [2.24, 2.45) is 0 Å². The minimum atomic E-state index is -0.511. The lowest BCUT2D eigenvalue weighted by Crippen LogP contribution is -2.25. The van der Waals surface area contributed by atoms with Crippen molar-refractivity contribution >= 4 is 21.8 Å². The summed E-state index contributed by atoms with van der Waals surface area (Å²) in [6.45, 7) is 0. The number of pyridine rings is 2. The van der Waals surface area contributed by atoms with Crippen molar-refractivity contribution in [3.8, 4) is 146 Å². The van der Waals surface area contributed by atoms with E-state index in [2.05, 4.69) is 350 Å². The van der Waals surface area contributed by atoms with Gasteiger partial charge in [0.05, 0.1) is 44.6 Å². The predicted molar refractivity (Wildman–Crippen MR) is 430 cm³/mol. The van der Waals surface area contributed by atoms with E-state index in [1.54, 1.807) is 0 Å². The summed E-state index contributed by atoms with van der Waals surface area (Å²) in [7, 11) is 0. The van der Waals surface area contributed by atoms with Gasteiger partial charge < -0.3 is 0 Å². The van der Waals surface area contributed by atoms with Gasteiger partial charge in [-0.2, -0.15) is 0 Å². The van der Waals surface area contributed by atoms with E-state index in [1.807, 2.05) is 24.5 Å². The third-order valence-corrected chi connectivity index (χ3v) is 22.9. The molecule has 4 aliphatic carbocycles. The first-order chi connectivity index (χ1) is 52.5. The number of rotatable bonds is 9. The van der Waals surface area contributed by atoms with Crippen LogP contribution in [0.4, 0.5) is 0 Å². The minimum absolute atomic E-state index is 0.511. The number of hydrogen-bond acceptors (Lipinski definition) is 6. The Labute approximate surface area is 613 Å². The molecule has 6 heteroatoms. The van der Waals surface area contributed by atoms with E-state index in [-0.39, 0.29) is 0 Å². The van der Waals surface area contributed by atoms with E-state index < -0.39 is 10.8 Å². The second-order valence-corrected chi connectivity index (χ2v) is 28.3. The summed E-state index contributed by atoms with van der Waals surface area (Å²) in [5, 5.41) is 2.22. The molecule has 0 saturated heterocycles. The van der Waals surface area contributed by atoms with E-state index >= 15 is 0 Å². The number of nitrogens with zero attached hydrogens (tertiary/aromatic N) is 6. The molecule has 0 radical (unpaired) electrons. The van der Waals surface area contributed by atoms with Crippen LogP contribution in [0.5, 0.6) is 0 Å². The average molecular weight is 1350 g/mol. The largest absolute Gasteiger partial charge is 0.256 e. The van der Waals surface area contributed by atoms with Crippen LogP contribution >= 0.6 is 0 Å². The Bertz CT molecular complexity index is 6160. The van der Waals surface area contributed by atoms with Gasteiger partial charge in [0.1, 0.15) is 0 Å². The third kappa shape index (κ3) is 8.98. The van der Waals surface area contributed by atoms with Gasteiger partial charge in [0.25, 0.3) is 0 Å². The van der Waals surface area contributed by atoms with Crippen LogP contribution in [0.1, 0.15) is 44.5 Å². The highest BCUT2D eigenvalue weighted by molar-refractivity contribution is 5.99. The first-order valence-corrected chi connectivity index (χ1v) is 36.3. The molecule has 0 atom stereocenters. The zero-order chi connectivity index (χ0) is 69.6. The van der Waals surface area contributed by atoms with E-state index in [0.29, 0.717) is 11.6 Å². The van der Waals surface area contributed by atoms with Crippen LogP contribution in [0.3, 0.4) is 0 Å². The van der Waals surface area contributed by atoms with E-state index in [9.17, 15) is 0 Å². The quantitative estimate of drug-likeness (QED) is 0.143. The molecule has 18 aromatic rings. The maximum Gasteiger partial charge on any atom is 0.160 e. The van der Waals surface area contributed by atoms with Crippen molar-refractivity contribution in [1.29, 1.82) is 0 Å². The van der Waals surface area contributed by atoms with Crippen LogP contribution in [0.2, 0.25) is 0 Å². The van der Waals surface area contributed by atoms with Gasteiger partial charge in [-0.15, -0.1) is 0 Å². The Balaban J connectivity index is 0.638. The summed E-state index contributed by atoms with van der Waals surface area (Å²) < 4.78 is 0. The molecule has 22 rings (SSSR count). The molecule has 0 saturated carbocycles. The molecule has 0 amide bonds. The highest BCUT2D eigenvalue weighted by Gasteiger charge is 2.53. The lowest BCUT2D eigenvalue weighted by atomic mass is 9.70. The molecule has 0 aliphatic heterocycles. The molecule has 0 fully saturated rings. The summed E-state index contributed by atoms with van der Waals surface area (Å²) in [6.07, 6.45) is 3.69. The lowest BCUT2D eigenvalue weighted by Gasteiger charge is -2.30. The Morgan fingerprint density at radius 3 is 0.717 bits per heavy atom. The summed E-state index contributed by atoms with van der Waals surface area (Å²) in [6, 6.07) is 128. The molecule has 2 spiro atoms. The average Bonchev–Trinajstić information content (AvgIpc) is 1.52. The zero-order valence-corrected chi connectivity index (χ0v) is 57.3. The SMILES string of the molecule is c1ccc2c(c1)-c1ccccc1C21c2ccccc2-c2ccc(-c3nc(-c4ccc(-c5ccc(-c6cc(-c7ccc(-c8ccc9ncccc9c8)cc7)nc(-c7ccc8c(c7)C7(c9ccccc9-c9ccccc97)c7ccccc7-8)n6)cc5)cc4)cc(-c4ccc(-c5ccc6ncccc6c5)cc4)n3)cc21. The standard InChI is InChI=1S/C100H60N6/c1-7-23-83-75(17-1)76-18-2-8-24-84(76)99(83)87-27-11-5-21-79(87)81-49-45-73(57-89(81)99)97-103-93(59-95(105-97)67-41-33-63(34-42-67)69-47-51-91-71(55-69)15-13-53-101-91)65-37-29-61(30-38-65)62-31-39-66(40-32-62)94-60-96(68-43-35-64(36-44-68)70-48-52-92-72(56-70)16-14-54-102-92)106-98(104-94)74-46-50-82-80-22-6-12-28-88(80)100(90(82)58-74)85-25-9-3-19-77(85)78-20-4-10-26-86(78)100/h1-60H. The molecule has 6 nitrogen and oxygen atoms in total. The molecule has 0 N–H and O–H groups in total. The van der Waals surface area contributed by atoms with Gasteiger partial charge in [-0.1, -0.05) is 291 Å².